The minimum atomic E-state index is 0.201. The molecule has 28 heavy (non-hydrogen) atoms. The second kappa shape index (κ2) is 8.57. The van der Waals surface area contributed by atoms with Crippen molar-refractivity contribution in [2.24, 2.45) is 0 Å². The number of furan rings is 1. The number of aromatic nitrogens is 4. The average Bonchev–Trinajstić information content (AvgIpc) is 3.37. The predicted molar refractivity (Wildman–Crippen MR) is 107 cm³/mol. The molecule has 0 aliphatic carbocycles. The summed E-state index contributed by atoms with van der Waals surface area (Å²) in [5.41, 5.74) is 1.45. The molecule has 4 rings (SSSR count). The Balaban J connectivity index is 1.48. The van der Waals surface area contributed by atoms with E-state index >= 15 is 0 Å². The lowest BCUT2D eigenvalue weighted by molar-refractivity contribution is 0.0324. The van der Waals surface area contributed by atoms with E-state index in [4.69, 9.17) is 14.1 Å². The number of anilines is 2. The lowest BCUT2D eigenvalue weighted by Crippen LogP contribution is -2.43. The number of fused-ring (bicyclic) bond motifs is 1. The summed E-state index contributed by atoms with van der Waals surface area (Å²) in [6, 6.07) is 3.80. The van der Waals surface area contributed by atoms with Crippen molar-refractivity contribution in [1.29, 1.82) is 0 Å². The molecule has 3 aromatic heterocycles. The molecule has 9 heteroatoms. The van der Waals surface area contributed by atoms with Crippen LogP contribution in [0.4, 0.5) is 11.8 Å². The zero-order valence-corrected chi connectivity index (χ0v) is 16.4. The SMILES string of the molecule is CN(C)CCCC1CN(c2nc(NCc3ccco3)c3[nH]cnc3n2)CCO1. The van der Waals surface area contributed by atoms with Crippen LogP contribution in [0.1, 0.15) is 18.6 Å². The molecule has 1 aliphatic rings. The second-order valence-corrected chi connectivity index (χ2v) is 7.29. The molecule has 4 heterocycles. The van der Waals surface area contributed by atoms with E-state index in [0.717, 1.165) is 49.6 Å². The third-order valence-electron chi connectivity index (χ3n) is 4.84. The van der Waals surface area contributed by atoms with Gasteiger partial charge in [0.25, 0.3) is 0 Å². The van der Waals surface area contributed by atoms with Crippen LogP contribution in [0.5, 0.6) is 0 Å². The van der Waals surface area contributed by atoms with Gasteiger partial charge in [-0.05, 0) is 45.6 Å². The number of ether oxygens (including phenoxy) is 1. The van der Waals surface area contributed by atoms with Crippen LogP contribution in [0.2, 0.25) is 0 Å². The normalized spacial score (nSPS) is 17.5. The molecule has 0 amide bonds. The van der Waals surface area contributed by atoms with Crippen LogP contribution >= 0.6 is 0 Å². The second-order valence-electron chi connectivity index (χ2n) is 7.29. The van der Waals surface area contributed by atoms with Gasteiger partial charge in [-0.2, -0.15) is 9.97 Å². The Bertz CT molecular complexity index is 878. The number of aromatic amines is 1. The summed E-state index contributed by atoms with van der Waals surface area (Å²) in [7, 11) is 4.19. The fourth-order valence-electron chi connectivity index (χ4n) is 3.39. The molecule has 9 nitrogen and oxygen atoms in total. The van der Waals surface area contributed by atoms with Crippen molar-refractivity contribution in [3.8, 4) is 0 Å². The third-order valence-corrected chi connectivity index (χ3v) is 4.84. The van der Waals surface area contributed by atoms with Gasteiger partial charge in [0, 0.05) is 13.1 Å². The monoisotopic (exact) mass is 385 g/mol. The number of morpholine rings is 1. The van der Waals surface area contributed by atoms with Crippen LogP contribution in [0.3, 0.4) is 0 Å². The summed E-state index contributed by atoms with van der Waals surface area (Å²) in [6.07, 6.45) is 5.65. The number of hydrogen-bond acceptors (Lipinski definition) is 8. The van der Waals surface area contributed by atoms with E-state index in [1.165, 1.54) is 0 Å². The lowest BCUT2D eigenvalue weighted by Gasteiger charge is -2.33. The van der Waals surface area contributed by atoms with E-state index in [0.29, 0.717) is 24.7 Å². The van der Waals surface area contributed by atoms with Gasteiger partial charge in [0.1, 0.15) is 11.3 Å². The Morgan fingerprint density at radius 1 is 1.36 bits per heavy atom. The van der Waals surface area contributed by atoms with Crippen molar-refractivity contribution in [3.63, 3.8) is 0 Å². The Labute approximate surface area is 164 Å². The van der Waals surface area contributed by atoms with Gasteiger partial charge in [0.15, 0.2) is 11.5 Å². The number of nitrogens with one attached hydrogen (secondary N) is 2. The predicted octanol–water partition coefficient (Wildman–Crippen LogP) is 2.10. The van der Waals surface area contributed by atoms with Crippen LogP contribution < -0.4 is 10.2 Å². The molecule has 1 saturated heterocycles. The van der Waals surface area contributed by atoms with Gasteiger partial charge in [0.05, 0.1) is 31.8 Å². The fraction of sp³-hybridized carbons (Fsp3) is 0.526. The first-order chi connectivity index (χ1) is 13.7. The average molecular weight is 385 g/mol. The molecule has 0 spiro atoms. The molecule has 0 radical (unpaired) electrons. The number of rotatable bonds is 8. The topological polar surface area (TPSA) is 95.3 Å². The molecule has 0 aromatic carbocycles. The Hall–Kier alpha value is -2.65. The minimum Gasteiger partial charge on any atom is -0.467 e. The highest BCUT2D eigenvalue weighted by Crippen LogP contribution is 2.23. The summed E-state index contributed by atoms with van der Waals surface area (Å²) in [6.45, 7) is 3.87. The summed E-state index contributed by atoms with van der Waals surface area (Å²) in [4.78, 5) is 21.3. The molecule has 1 aliphatic heterocycles. The standard InChI is InChI=1S/C19H27N7O2/c1-25(2)7-3-5-15-12-26(8-10-28-15)19-23-17(16-18(24-19)22-13-21-16)20-11-14-6-4-9-27-14/h4,6,9,13,15H,3,5,7-8,10-12H2,1-2H3,(H2,20,21,22,23,24). The number of nitrogens with zero attached hydrogens (tertiary/aromatic N) is 5. The third kappa shape index (κ3) is 4.42. The summed E-state index contributed by atoms with van der Waals surface area (Å²) < 4.78 is 11.3. The van der Waals surface area contributed by atoms with Crippen LogP contribution in [-0.4, -0.2) is 71.3 Å². The van der Waals surface area contributed by atoms with Gasteiger partial charge in [0.2, 0.25) is 5.95 Å². The Morgan fingerprint density at radius 3 is 3.11 bits per heavy atom. The molecule has 0 saturated carbocycles. The summed E-state index contributed by atoms with van der Waals surface area (Å²) in [5, 5.41) is 3.33. The highest BCUT2D eigenvalue weighted by Gasteiger charge is 2.23. The van der Waals surface area contributed by atoms with Gasteiger partial charge < -0.3 is 29.3 Å². The van der Waals surface area contributed by atoms with E-state index in [1.54, 1.807) is 12.6 Å². The first kappa shape index (κ1) is 18.7. The van der Waals surface area contributed by atoms with Crippen molar-refractivity contribution in [1.82, 2.24) is 24.8 Å². The Kier molecular flexibility index (Phi) is 5.73. The number of imidazole rings is 1. The van der Waals surface area contributed by atoms with Gasteiger partial charge in [-0.15, -0.1) is 0 Å². The van der Waals surface area contributed by atoms with E-state index in [-0.39, 0.29) is 6.10 Å². The molecule has 1 atom stereocenters. The van der Waals surface area contributed by atoms with E-state index in [1.807, 2.05) is 12.1 Å². The van der Waals surface area contributed by atoms with Gasteiger partial charge in [-0.1, -0.05) is 0 Å². The molecule has 1 fully saturated rings. The highest BCUT2D eigenvalue weighted by molar-refractivity contribution is 5.83. The van der Waals surface area contributed by atoms with Crippen LogP contribution in [0.15, 0.2) is 29.1 Å². The maximum absolute atomic E-state index is 5.95. The molecule has 1 unspecified atom stereocenters. The lowest BCUT2D eigenvalue weighted by atomic mass is 10.1. The molecular formula is C19H27N7O2. The minimum absolute atomic E-state index is 0.201. The van der Waals surface area contributed by atoms with Crippen molar-refractivity contribution in [2.45, 2.75) is 25.5 Å². The van der Waals surface area contributed by atoms with E-state index < -0.39 is 0 Å². The zero-order chi connectivity index (χ0) is 19.3. The fourth-order valence-corrected chi connectivity index (χ4v) is 3.39. The molecule has 150 valence electrons. The Morgan fingerprint density at radius 2 is 2.29 bits per heavy atom. The van der Waals surface area contributed by atoms with Crippen LogP contribution in [0.25, 0.3) is 11.2 Å². The maximum Gasteiger partial charge on any atom is 0.229 e. The van der Waals surface area contributed by atoms with Gasteiger partial charge in [-0.25, -0.2) is 4.98 Å². The van der Waals surface area contributed by atoms with Crippen LogP contribution in [-0.2, 0) is 11.3 Å². The van der Waals surface area contributed by atoms with E-state index in [9.17, 15) is 0 Å². The van der Waals surface area contributed by atoms with E-state index in [2.05, 4.69) is 44.2 Å². The van der Waals surface area contributed by atoms with Crippen molar-refractivity contribution >= 4 is 22.9 Å². The van der Waals surface area contributed by atoms with Gasteiger partial charge in [-0.3, -0.25) is 0 Å². The first-order valence-electron chi connectivity index (χ1n) is 9.67. The molecular weight excluding hydrogens is 358 g/mol. The first-order valence-corrected chi connectivity index (χ1v) is 9.67. The number of H-pyrrole nitrogens is 1. The largest absolute Gasteiger partial charge is 0.467 e. The van der Waals surface area contributed by atoms with Crippen molar-refractivity contribution in [2.75, 3.05) is 50.6 Å². The smallest absolute Gasteiger partial charge is 0.229 e. The summed E-state index contributed by atoms with van der Waals surface area (Å²) >= 11 is 0. The quantitative estimate of drug-likeness (QED) is 0.609. The zero-order valence-electron chi connectivity index (χ0n) is 16.4. The molecule has 0 bridgehead atoms. The van der Waals surface area contributed by atoms with Crippen molar-refractivity contribution < 1.29 is 9.15 Å². The molecule has 2 N–H and O–H groups in total. The van der Waals surface area contributed by atoms with Crippen molar-refractivity contribution in [3.05, 3.63) is 30.5 Å². The summed E-state index contributed by atoms with van der Waals surface area (Å²) in [5.74, 6) is 2.26. The highest BCUT2D eigenvalue weighted by atomic mass is 16.5. The number of hydrogen-bond donors (Lipinski definition) is 2. The molecule has 3 aromatic rings. The maximum atomic E-state index is 5.95. The van der Waals surface area contributed by atoms with Crippen LogP contribution in [0, 0.1) is 0 Å². The van der Waals surface area contributed by atoms with Gasteiger partial charge >= 0.3 is 0 Å².